The van der Waals surface area contributed by atoms with Gasteiger partial charge in [0.05, 0.1) is 12.7 Å². The van der Waals surface area contributed by atoms with Crippen molar-refractivity contribution in [3.63, 3.8) is 0 Å². The zero-order valence-electron chi connectivity index (χ0n) is 10.7. The van der Waals surface area contributed by atoms with Crippen molar-refractivity contribution in [1.29, 1.82) is 0 Å². The highest BCUT2D eigenvalue weighted by atomic mass is 16.4. The molecule has 1 amide bonds. The highest BCUT2D eigenvalue weighted by Gasteiger charge is 2.30. The average Bonchev–Trinajstić information content (AvgIpc) is 2.77. The molecule has 19 heavy (non-hydrogen) atoms. The van der Waals surface area contributed by atoms with E-state index in [2.05, 4.69) is 10.3 Å². The summed E-state index contributed by atoms with van der Waals surface area (Å²) < 4.78 is 1.57. The average molecular weight is 266 g/mol. The first kappa shape index (κ1) is 13.5. The van der Waals surface area contributed by atoms with Crippen LogP contribution in [-0.4, -0.2) is 49.5 Å². The van der Waals surface area contributed by atoms with Gasteiger partial charge in [-0.1, -0.05) is 18.1 Å². The van der Waals surface area contributed by atoms with Gasteiger partial charge in [-0.15, -0.1) is 5.10 Å². The highest BCUT2D eigenvalue weighted by molar-refractivity contribution is 5.83. The Labute approximate surface area is 111 Å². The highest BCUT2D eigenvalue weighted by Crippen LogP contribution is 2.18. The molecule has 1 aliphatic heterocycles. The minimum Gasteiger partial charge on any atom is -0.480 e. The number of hydrogen-bond donors (Lipinski definition) is 1. The van der Waals surface area contributed by atoms with E-state index in [0.29, 0.717) is 19.5 Å². The summed E-state index contributed by atoms with van der Waals surface area (Å²) in [6.45, 7) is 0.967. The van der Waals surface area contributed by atoms with Crippen LogP contribution in [0.15, 0.2) is 12.4 Å². The summed E-state index contributed by atoms with van der Waals surface area (Å²) in [6, 6.07) is -0.675. The molecule has 0 saturated carbocycles. The molecule has 0 spiro atoms. The van der Waals surface area contributed by atoms with E-state index in [4.69, 9.17) is 0 Å². The predicted molar refractivity (Wildman–Crippen MR) is 66.2 cm³/mol. The smallest absolute Gasteiger partial charge is 0.326 e. The van der Waals surface area contributed by atoms with Gasteiger partial charge in [0.15, 0.2) is 0 Å². The zero-order chi connectivity index (χ0) is 13.7. The first-order valence-electron chi connectivity index (χ1n) is 6.55. The Hall–Kier alpha value is -1.92. The van der Waals surface area contributed by atoms with Crippen LogP contribution in [0.1, 0.15) is 32.1 Å². The van der Waals surface area contributed by atoms with E-state index in [-0.39, 0.29) is 12.3 Å². The molecule has 0 radical (unpaired) electrons. The number of carbonyl (C=O) groups excluding carboxylic acids is 1. The normalized spacial score (nSPS) is 20.0. The van der Waals surface area contributed by atoms with Crippen LogP contribution in [0.2, 0.25) is 0 Å². The number of carbonyl (C=O) groups is 2. The summed E-state index contributed by atoms with van der Waals surface area (Å²) in [7, 11) is 0. The van der Waals surface area contributed by atoms with E-state index < -0.39 is 12.0 Å². The Morgan fingerprint density at radius 2 is 2.16 bits per heavy atom. The van der Waals surface area contributed by atoms with Crippen molar-refractivity contribution < 1.29 is 14.7 Å². The van der Waals surface area contributed by atoms with Gasteiger partial charge in [0.25, 0.3) is 0 Å². The van der Waals surface area contributed by atoms with Crippen LogP contribution in [0.5, 0.6) is 0 Å². The Morgan fingerprint density at radius 1 is 1.32 bits per heavy atom. The van der Waals surface area contributed by atoms with Crippen molar-refractivity contribution in [2.24, 2.45) is 0 Å². The van der Waals surface area contributed by atoms with E-state index in [1.165, 1.54) is 4.90 Å². The lowest BCUT2D eigenvalue weighted by Crippen LogP contribution is -2.44. The SMILES string of the molecule is O=C(O)C1CCCCCN1C(=O)CCn1ccnn1. The summed E-state index contributed by atoms with van der Waals surface area (Å²) in [6.07, 6.45) is 6.76. The summed E-state index contributed by atoms with van der Waals surface area (Å²) >= 11 is 0. The van der Waals surface area contributed by atoms with Crippen LogP contribution in [0.25, 0.3) is 0 Å². The van der Waals surface area contributed by atoms with Crippen molar-refractivity contribution in [1.82, 2.24) is 19.9 Å². The Balaban J connectivity index is 1.96. The van der Waals surface area contributed by atoms with E-state index in [1.807, 2.05) is 0 Å². The van der Waals surface area contributed by atoms with Crippen LogP contribution in [0, 0.1) is 0 Å². The lowest BCUT2D eigenvalue weighted by atomic mass is 10.1. The monoisotopic (exact) mass is 266 g/mol. The second-order valence-corrected chi connectivity index (χ2v) is 4.71. The molecule has 1 aromatic rings. The van der Waals surface area contributed by atoms with Crippen molar-refractivity contribution in [2.75, 3.05) is 6.54 Å². The molecule has 7 heteroatoms. The van der Waals surface area contributed by atoms with Crippen LogP contribution in [0.3, 0.4) is 0 Å². The maximum Gasteiger partial charge on any atom is 0.326 e. The number of hydrogen-bond acceptors (Lipinski definition) is 4. The first-order chi connectivity index (χ1) is 9.18. The number of aliphatic carboxylic acids is 1. The van der Waals surface area contributed by atoms with Gasteiger partial charge in [0, 0.05) is 19.2 Å². The summed E-state index contributed by atoms with van der Waals surface area (Å²) in [5.74, 6) is -1.03. The van der Waals surface area contributed by atoms with Gasteiger partial charge in [-0.05, 0) is 12.8 Å². The largest absolute Gasteiger partial charge is 0.480 e. The van der Waals surface area contributed by atoms with Gasteiger partial charge < -0.3 is 10.0 Å². The molecular weight excluding hydrogens is 248 g/mol. The quantitative estimate of drug-likeness (QED) is 0.858. The third-order valence-corrected chi connectivity index (χ3v) is 3.38. The number of amides is 1. The number of likely N-dealkylation sites (tertiary alicyclic amines) is 1. The molecule has 1 aliphatic rings. The Morgan fingerprint density at radius 3 is 2.84 bits per heavy atom. The maximum absolute atomic E-state index is 12.2. The van der Waals surface area contributed by atoms with E-state index >= 15 is 0 Å². The summed E-state index contributed by atoms with van der Waals surface area (Å²) in [5.41, 5.74) is 0. The molecule has 0 aliphatic carbocycles. The van der Waals surface area contributed by atoms with Crippen LogP contribution < -0.4 is 0 Å². The molecule has 1 N–H and O–H groups in total. The zero-order valence-corrected chi connectivity index (χ0v) is 10.7. The van der Waals surface area contributed by atoms with Gasteiger partial charge in [-0.3, -0.25) is 9.48 Å². The standard InChI is InChI=1S/C12H18N4O3/c17-11(5-8-15-9-6-13-14-15)16-7-3-1-2-4-10(16)12(18)19/h6,9-10H,1-5,7-8H2,(H,18,19). The molecule has 0 bridgehead atoms. The molecule has 1 saturated heterocycles. The topological polar surface area (TPSA) is 88.3 Å². The Kier molecular flexibility index (Phi) is 4.48. The van der Waals surface area contributed by atoms with Gasteiger partial charge in [0.1, 0.15) is 6.04 Å². The minimum atomic E-state index is -0.906. The van der Waals surface area contributed by atoms with Crippen molar-refractivity contribution in [3.8, 4) is 0 Å². The molecule has 104 valence electrons. The molecule has 1 aromatic heterocycles. The van der Waals surface area contributed by atoms with Crippen molar-refractivity contribution in [2.45, 2.75) is 44.7 Å². The number of aryl methyl sites for hydroxylation is 1. The van der Waals surface area contributed by atoms with Gasteiger partial charge >= 0.3 is 5.97 Å². The number of carboxylic acid groups (broad SMARTS) is 1. The fourth-order valence-corrected chi connectivity index (χ4v) is 2.37. The molecule has 1 fully saturated rings. The predicted octanol–water partition coefficient (Wildman–Crippen LogP) is 0.524. The number of nitrogens with zero attached hydrogens (tertiary/aromatic N) is 4. The van der Waals surface area contributed by atoms with E-state index in [0.717, 1.165) is 19.3 Å². The molecule has 0 aromatic carbocycles. The molecule has 2 heterocycles. The lowest BCUT2D eigenvalue weighted by Gasteiger charge is -2.26. The summed E-state index contributed by atoms with van der Waals surface area (Å²) in [4.78, 5) is 24.9. The molecule has 2 rings (SSSR count). The molecular formula is C12H18N4O3. The first-order valence-corrected chi connectivity index (χ1v) is 6.55. The third kappa shape index (κ3) is 3.52. The summed E-state index contributed by atoms with van der Waals surface area (Å²) in [5, 5.41) is 16.7. The van der Waals surface area contributed by atoms with Crippen LogP contribution in [-0.2, 0) is 16.1 Å². The van der Waals surface area contributed by atoms with E-state index in [1.54, 1.807) is 17.1 Å². The number of carboxylic acids is 1. The molecule has 1 atom stereocenters. The van der Waals surface area contributed by atoms with E-state index in [9.17, 15) is 14.7 Å². The maximum atomic E-state index is 12.2. The number of rotatable bonds is 4. The van der Waals surface area contributed by atoms with Gasteiger partial charge in [0.2, 0.25) is 5.91 Å². The third-order valence-electron chi connectivity index (χ3n) is 3.38. The van der Waals surface area contributed by atoms with Gasteiger partial charge in [-0.2, -0.15) is 0 Å². The molecule has 7 nitrogen and oxygen atoms in total. The lowest BCUT2D eigenvalue weighted by molar-refractivity contribution is -0.150. The second kappa shape index (κ2) is 6.31. The number of aromatic nitrogens is 3. The van der Waals surface area contributed by atoms with Crippen molar-refractivity contribution >= 4 is 11.9 Å². The minimum absolute atomic E-state index is 0.121. The Bertz CT molecular complexity index is 432. The fraction of sp³-hybridized carbons (Fsp3) is 0.667. The molecule has 1 unspecified atom stereocenters. The van der Waals surface area contributed by atoms with Crippen LogP contribution >= 0.6 is 0 Å². The second-order valence-electron chi connectivity index (χ2n) is 4.71. The fourth-order valence-electron chi connectivity index (χ4n) is 2.37. The van der Waals surface area contributed by atoms with Gasteiger partial charge in [-0.25, -0.2) is 4.79 Å². The van der Waals surface area contributed by atoms with Crippen molar-refractivity contribution in [3.05, 3.63) is 12.4 Å². The van der Waals surface area contributed by atoms with Crippen LogP contribution in [0.4, 0.5) is 0 Å².